The Balaban J connectivity index is 0.000000555. The molecular weight excluding hydrogens is 310 g/mol. The van der Waals surface area contributed by atoms with Crippen LogP contribution >= 0.6 is 12.6 Å². The minimum Gasteiger partial charge on any atom is -0.495 e. The monoisotopic (exact) mass is 325 g/mol. The summed E-state index contributed by atoms with van der Waals surface area (Å²) >= 11 is 7.45. The molecule has 19 heavy (non-hydrogen) atoms. The van der Waals surface area contributed by atoms with Crippen molar-refractivity contribution in [2.45, 2.75) is 0 Å². The first kappa shape index (κ1) is 17.9. The van der Waals surface area contributed by atoms with E-state index in [1.54, 1.807) is 7.11 Å². The highest BCUT2D eigenvalue weighted by molar-refractivity contribution is 8.26. The fourth-order valence-electron chi connectivity index (χ4n) is 0.904. The van der Waals surface area contributed by atoms with Crippen molar-refractivity contribution in [1.29, 1.82) is 0 Å². The molecule has 0 saturated heterocycles. The summed E-state index contributed by atoms with van der Waals surface area (Å²) in [6.07, 6.45) is 0. The standard InChI is InChI=1S/C9H13N3OS.H2O3S2/c1-13-8-5-3-2-4-7(8)11-12-9(10)6-14;1-5(2,3)4/h2-5,11,14H,6H2,1H3,(H2,10,12);(H2,1,2,3,4). The summed E-state index contributed by atoms with van der Waals surface area (Å²) in [6.45, 7) is 0. The van der Waals surface area contributed by atoms with Crippen LogP contribution in [0.4, 0.5) is 5.69 Å². The van der Waals surface area contributed by atoms with Crippen LogP contribution in [-0.2, 0) is 20.2 Å². The number of benzene rings is 1. The molecule has 0 atom stereocenters. The molecule has 0 spiro atoms. The lowest BCUT2D eigenvalue weighted by Crippen LogP contribution is -2.15. The number of anilines is 1. The van der Waals surface area contributed by atoms with Gasteiger partial charge in [-0.05, 0) is 12.1 Å². The largest absolute Gasteiger partial charge is 0.495 e. The van der Waals surface area contributed by atoms with Gasteiger partial charge in [0, 0.05) is 16.9 Å². The quantitative estimate of drug-likeness (QED) is 0.242. The van der Waals surface area contributed by atoms with Gasteiger partial charge in [-0.2, -0.15) is 21.9 Å². The molecule has 1 aromatic rings. The molecule has 0 aliphatic rings. The predicted octanol–water partition coefficient (Wildman–Crippen LogP) is 0.988. The van der Waals surface area contributed by atoms with Gasteiger partial charge < -0.3 is 10.5 Å². The molecule has 0 unspecified atom stereocenters. The first-order chi connectivity index (χ1) is 8.77. The molecule has 1 rings (SSSR count). The van der Waals surface area contributed by atoms with Gasteiger partial charge in [0.25, 0.3) is 9.05 Å². The maximum atomic E-state index is 9.11. The number of nitrogens with zero attached hydrogens (tertiary/aromatic N) is 1. The Morgan fingerprint density at radius 2 is 2.11 bits per heavy atom. The van der Waals surface area contributed by atoms with Crippen LogP contribution in [0.5, 0.6) is 5.75 Å². The summed E-state index contributed by atoms with van der Waals surface area (Å²) in [7, 11) is -2.23. The van der Waals surface area contributed by atoms with Crippen LogP contribution in [0.1, 0.15) is 0 Å². The van der Waals surface area contributed by atoms with E-state index in [0.29, 0.717) is 11.6 Å². The number of nitrogens with one attached hydrogen (secondary N) is 1. The van der Waals surface area contributed by atoms with Gasteiger partial charge in [0.05, 0.1) is 12.8 Å². The van der Waals surface area contributed by atoms with Crippen molar-refractivity contribution in [3.63, 3.8) is 0 Å². The number of para-hydroxylation sites is 2. The Morgan fingerprint density at radius 1 is 1.58 bits per heavy atom. The number of hydrogen-bond donors (Lipinski definition) is 5. The average Bonchev–Trinajstić information content (AvgIpc) is 2.34. The van der Waals surface area contributed by atoms with Crippen LogP contribution in [0.2, 0.25) is 0 Å². The molecule has 108 valence electrons. The van der Waals surface area contributed by atoms with E-state index < -0.39 is 9.05 Å². The molecular formula is C9H15N3O4S3. The maximum absolute atomic E-state index is 9.11. The van der Waals surface area contributed by atoms with E-state index in [4.69, 9.17) is 23.8 Å². The number of rotatable bonds is 4. The second-order valence-corrected chi connectivity index (χ2v) is 5.54. The molecule has 10 heteroatoms. The molecule has 5 N–H and O–H groups in total. The van der Waals surface area contributed by atoms with Gasteiger partial charge in [0.15, 0.2) is 0 Å². The van der Waals surface area contributed by atoms with E-state index in [-0.39, 0.29) is 0 Å². The number of hydrogen-bond acceptors (Lipinski definition) is 6. The van der Waals surface area contributed by atoms with Crippen molar-refractivity contribution in [2.24, 2.45) is 10.8 Å². The second-order valence-electron chi connectivity index (χ2n) is 3.02. The number of thiol groups is 1. The summed E-state index contributed by atoms with van der Waals surface area (Å²) in [4.78, 5) is 0. The van der Waals surface area contributed by atoms with Gasteiger partial charge in [0.1, 0.15) is 11.6 Å². The third-order valence-corrected chi connectivity index (χ3v) is 1.91. The van der Waals surface area contributed by atoms with E-state index in [9.17, 15) is 0 Å². The lowest BCUT2D eigenvalue weighted by molar-refractivity contribution is 0.416. The van der Waals surface area contributed by atoms with Gasteiger partial charge in [-0.1, -0.05) is 12.1 Å². The first-order valence-corrected chi connectivity index (χ1v) is 7.82. The number of methoxy groups -OCH3 is 1. The van der Waals surface area contributed by atoms with Crippen molar-refractivity contribution in [3.8, 4) is 5.75 Å². The summed E-state index contributed by atoms with van der Waals surface area (Å²) in [6, 6.07) is 7.47. The van der Waals surface area contributed by atoms with Gasteiger partial charge in [0.2, 0.25) is 0 Å². The van der Waals surface area contributed by atoms with Crippen LogP contribution in [0, 0.1) is 0 Å². The highest BCUT2D eigenvalue weighted by atomic mass is 32.9. The molecule has 0 saturated carbocycles. The zero-order chi connectivity index (χ0) is 14.9. The number of nitrogens with two attached hydrogens (primary N) is 1. The van der Waals surface area contributed by atoms with Crippen molar-refractivity contribution in [2.75, 3.05) is 18.3 Å². The minimum atomic E-state index is -3.83. The number of amidine groups is 1. The molecule has 0 radical (unpaired) electrons. The van der Waals surface area contributed by atoms with Crippen molar-refractivity contribution in [3.05, 3.63) is 24.3 Å². The lowest BCUT2D eigenvalue weighted by Gasteiger charge is -2.06. The summed E-state index contributed by atoms with van der Waals surface area (Å²) in [5, 5.41) is 3.91. The first-order valence-electron chi connectivity index (χ1n) is 4.79. The highest BCUT2D eigenvalue weighted by Gasteiger charge is 1.98. The van der Waals surface area contributed by atoms with E-state index in [1.165, 1.54) is 0 Å². The van der Waals surface area contributed by atoms with Crippen molar-refractivity contribution in [1.82, 2.24) is 0 Å². The summed E-state index contributed by atoms with van der Waals surface area (Å²) < 4.78 is 29.1. The van der Waals surface area contributed by atoms with Crippen LogP contribution in [0.25, 0.3) is 0 Å². The van der Waals surface area contributed by atoms with Gasteiger partial charge in [-0.3, -0.25) is 14.5 Å². The molecule has 0 aliphatic carbocycles. The van der Waals surface area contributed by atoms with E-state index in [1.807, 2.05) is 24.3 Å². The van der Waals surface area contributed by atoms with Crippen molar-refractivity contribution >= 4 is 44.4 Å². The topological polar surface area (TPSA) is 117 Å². The SMILES string of the molecule is COc1ccccc1N/N=C(/N)CS.O=S(O)(O)=S. The van der Waals surface area contributed by atoms with Crippen LogP contribution < -0.4 is 15.9 Å². The Labute approximate surface area is 122 Å². The van der Waals surface area contributed by atoms with Crippen LogP contribution in [-0.4, -0.2) is 32.0 Å². The Bertz CT molecular complexity index is 511. The molecule has 0 bridgehead atoms. The Hall–Kier alpha value is -1.07. The third-order valence-electron chi connectivity index (χ3n) is 1.59. The van der Waals surface area contributed by atoms with Gasteiger partial charge >= 0.3 is 0 Å². The van der Waals surface area contributed by atoms with Gasteiger partial charge in [-0.25, -0.2) is 0 Å². The normalized spacial score (nSPS) is 11.3. The molecule has 0 aliphatic heterocycles. The van der Waals surface area contributed by atoms with E-state index in [0.717, 1.165) is 11.4 Å². The number of hydrazone groups is 1. The highest BCUT2D eigenvalue weighted by Crippen LogP contribution is 2.22. The summed E-state index contributed by atoms with van der Waals surface area (Å²) in [5.41, 5.74) is 9.06. The average molecular weight is 325 g/mol. The van der Waals surface area contributed by atoms with Crippen molar-refractivity contribution < 1.29 is 18.1 Å². The molecule has 7 nitrogen and oxygen atoms in total. The van der Waals surface area contributed by atoms with Crippen LogP contribution in [0.15, 0.2) is 29.4 Å². The molecule has 0 aromatic heterocycles. The lowest BCUT2D eigenvalue weighted by atomic mass is 10.3. The van der Waals surface area contributed by atoms with E-state index in [2.05, 4.69) is 34.3 Å². The predicted molar refractivity (Wildman–Crippen MR) is 82.9 cm³/mol. The fourth-order valence-corrected chi connectivity index (χ4v) is 0.975. The molecule has 0 fully saturated rings. The number of ether oxygens (including phenoxy) is 1. The van der Waals surface area contributed by atoms with Crippen LogP contribution in [0.3, 0.4) is 0 Å². The smallest absolute Gasteiger partial charge is 0.263 e. The molecule has 0 amide bonds. The Kier molecular flexibility index (Phi) is 8.43. The minimum absolute atomic E-state index is 0.419. The zero-order valence-corrected chi connectivity index (χ0v) is 12.5. The second kappa shape index (κ2) is 8.93. The summed E-state index contributed by atoms with van der Waals surface area (Å²) in [5.74, 6) is 1.57. The Morgan fingerprint density at radius 3 is 2.58 bits per heavy atom. The fraction of sp³-hybridized carbons (Fsp3) is 0.222. The molecule has 1 aromatic carbocycles. The third kappa shape index (κ3) is 10.5. The zero-order valence-electron chi connectivity index (χ0n) is 10.0. The maximum Gasteiger partial charge on any atom is 0.263 e. The van der Waals surface area contributed by atoms with Gasteiger partial charge in [-0.15, -0.1) is 0 Å². The molecule has 0 heterocycles. The van der Waals surface area contributed by atoms with E-state index >= 15 is 0 Å².